The normalized spacial score (nSPS) is 16.9. The third-order valence-electron chi connectivity index (χ3n) is 3.19. The minimum atomic E-state index is -0.375. The maximum absolute atomic E-state index is 12.3. The Balaban J connectivity index is 2.43. The van der Waals surface area contributed by atoms with Gasteiger partial charge in [0, 0.05) is 11.6 Å². The molecule has 2 nitrogen and oxygen atoms in total. The highest BCUT2D eigenvalue weighted by molar-refractivity contribution is 6.03. The van der Waals surface area contributed by atoms with E-state index in [-0.39, 0.29) is 11.2 Å². The average Bonchev–Trinajstić information content (AvgIpc) is 2.54. The molecule has 0 spiro atoms. The largest absolute Gasteiger partial charge is 0.292 e. The summed E-state index contributed by atoms with van der Waals surface area (Å²) in [6, 6.07) is 3.86. The second kappa shape index (κ2) is 4.05. The number of hydrogen-bond donors (Lipinski definition) is 0. The Hall–Kier alpha value is -1.70. The fraction of sp³-hybridized carbons (Fsp3) is 0.286. The SMILES string of the molecule is C=CCC1(CC=C)Cc2cccnc2C1=O. The van der Waals surface area contributed by atoms with Gasteiger partial charge in [0.05, 0.1) is 0 Å². The molecular formula is C14H15NO. The third kappa shape index (κ3) is 1.51. The minimum absolute atomic E-state index is 0.142. The van der Waals surface area contributed by atoms with Crippen molar-refractivity contribution in [3.8, 4) is 0 Å². The van der Waals surface area contributed by atoms with E-state index in [1.54, 1.807) is 6.20 Å². The molecule has 0 aliphatic heterocycles. The van der Waals surface area contributed by atoms with E-state index < -0.39 is 0 Å². The van der Waals surface area contributed by atoms with Gasteiger partial charge < -0.3 is 0 Å². The van der Waals surface area contributed by atoms with Gasteiger partial charge in [-0.15, -0.1) is 13.2 Å². The highest BCUT2D eigenvalue weighted by Gasteiger charge is 2.44. The number of pyridine rings is 1. The first kappa shape index (κ1) is 10.8. The lowest BCUT2D eigenvalue weighted by Gasteiger charge is -2.23. The maximum Gasteiger partial charge on any atom is 0.188 e. The van der Waals surface area contributed by atoms with E-state index in [1.165, 1.54) is 0 Å². The van der Waals surface area contributed by atoms with E-state index in [0.717, 1.165) is 12.0 Å². The van der Waals surface area contributed by atoms with Gasteiger partial charge in [0.1, 0.15) is 5.69 Å². The highest BCUT2D eigenvalue weighted by atomic mass is 16.1. The standard InChI is InChI=1S/C14H15NO/c1-3-7-14(8-4-2)10-11-6-5-9-15-12(11)13(14)16/h3-6,9H,1-2,7-8,10H2. The number of nitrogens with zero attached hydrogens (tertiary/aromatic N) is 1. The number of aromatic nitrogens is 1. The number of Topliss-reactive ketones (excluding diaryl/α,β-unsaturated/α-hetero) is 1. The zero-order valence-electron chi connectivity index (χ0n) is 9.28. The molecule has 1 aliphatic carbocycles. The molecule has 0 amide bonds. The molecule has 2 rings (SSSR count). The molecule has 1 aromatic heterocycles. The first-order chi connectivity index (χ1) is 7.73. The van der Waals surface area contributed by atoms with Crippen molar-refractivity contribution in [1.82, 2.24) is 4.98 Å². The summed E-state index contributed by atoms with van der Waals surface area (Å²) < 4.78 is 0. The lowest BCUT2D eigenvalue weighted by atomic mass is 9.78. The average molecular weight is 213 g/mol. The molecule has 0 fully saturated rings. The van der Waals surface area contributed by atoms with E-state index in [9.17, 15) is 4.79 Å². The van der Waals surface area contributed by atoms with E-state index in [2.05, 4.69) is 18.1 Å². The van der Waals surface area contributed by atoms with Crippen molar-refractivity contribution in [1.29, 1.82) is 0 Å². The van der Waals surface area contributed by atoms with E-state index >= 15 is 0 Å². The van der Waals surface area contributed by atoms with Crippen LogP contribution in [0.2, 0.25) is 0 Å². The Labute approximate surface area is 95.7 Å². The smallest absolute Gasteiger partial charge is 0.188 e. The summed E-state index contributed by atoms with van der Waals surface area (Å²) in [7, 11) is 0. The van der Waals surface area contributed by atoms with Gasteiger partial charge >= 0.3 is 0 Å². The van der Waals surface area contributed by atoms with Gasteiger partial charge in [0.25, 0.3) is 0 Å². The Bertz CT molecular complexity index is 438. The topological polar surface area (TPSA) is 30.0 Å². The lowest BCUT2D eigenvalue weighted by Crippen LogP contribution is -2.27. The summed E-state index contributed by atoms with van der Waals surface area (Å²) in [6.07, 6.45) is 7.44. The molecule has 1 aromatic rings. The number of hydrogen-bond acceptors (Lipinski definition) is 2. The molecule has 1 aliphatic rings. The molecule has 0 atom stereocenters. The molecule has 0 unspecified atom stereocenters. The summed E-state index contributed by atoms with van der Waals surface area (Å²) in [5.74, 6) is 0.142. The number of rotatable bonds is 4. The monoisotopic (exact) mass is 213 g/mol. The van der Waals surface area contributed by atoms with E-state index in [0.29, 0.717) is 18.5 Å². The molecule has 0 bridgehead atoms. The van der Waals surface area contributed by atoms with Gasteiger partial charge in [0.2, 0.25) is 0 Å². The van der Waals surface area contributed by atoms with Crippen LogP contribution in [-0.2, 0) is 6.42 Å². The number of fused-ring (bicyclic) bond motifs is 1. The van der Waals surface area contributed by atoms with Crippen molar-refractivity contribution in [2.45, 2.75) is 19.3 Å². The molecule has 1 heterocycles. The third-order valence-corrected chi connectivity index (χ3v) is 3.19. The quantitative estimate of drug-likeness (QED) is 0.720. The van der Waals surface area contributed by atoms with Crippen LogP contribution in [-0.4, -0.2) is 10.8 Å². The van der Waals surface area contributed by atoms with E-state index in [1.807, 2.05) is 24.3 Å². The zero-order valence-corrected chi connectivity index (χ0v) is 9.28. The fourth-order valence-electron chi connectivity index (χ4n) is 2.45. The molecule has 82 valence electrons. The highest BCUT2D eigenvalue weighted by Crippen LogP contribution is 2.41. The predicted molar refractivity (Wildman–Crippen MR) is 64.3 cm³/mol. The van der Waals surface area contributed by atoms with Crippen molar-refractivity contribution >= 4 is 5.78 Å². The van der Waals surface area contributed by atoms with Crippen LogP contribution >= 0.6 is 0 Å². The predicted octanol–water partition coefficient (Wildman–Crippen LogP) is 2.96. The Morgan fingerprint density at radius 2 is 2.06 bits per heavy atom. The van der Waals surface area contributed by atoms with Crippen LogP contribution in [0.4, 0.5) is 0 Å². The van der Waals surface area contributed by atoms with Crippen LogP contribution in [0.1, 0.15) is 28.9 Å². The first-order valence-electron chi connectivity index (χ1n) is 5.44. The lowest BCUT2D eigenvalue weighted by molar-refractivity contribution is 0.0820. The van der Waals surface area contributed by atoms with Gasteiger partial charge in [-0.1, -0.05) is 18.2 Å². The summed E-state index contributed by atoms with van der Waals surface area (Å²) in [6.45, 7) is 7.48. The van der Waals surface area contributed by atoms with Gasteiger partial charge in [-0.25, -0.2) is 0 Å². The number of carbonyl (C=O) groups excluding carboxylic acids is 1. The van der Waals surface area contributed by atoms with Gasteiger partial charge in [-0.3, -0.25) is 9.78 Å². The molecule has 0 saturated carbocycles. The van der Waals surface area contributed by atoms with Crippen LogP contribution in [0, 0.1) is 5.41 Å². The first-order valence-corrected chi connectivity index (χ1v) is 5.44. The van der Waals surface area contributed by atoms with Crippen molar-refractivity contribution in [2.24, 2.45) is 5.41 Å². The fourth-order valence-corrected chi connectivity index (χ4v) is 2.45. The Morgan fingerprint density at radius 1 is 1.38 bits per heavy atom. The molecule has 0 saturated heterocycles. The summed E-state index contributed by atoms with van der Waals surface area (Å²) in [4.78, 5) is 16.5. The second-order valence-electron chi connectivity index (χ2n) is 4.28. The number of ketones is 1. The molecule has 2 heteroatoms. The molecule has 16 heavy (non-hydrogen) atoms. The van der Waals surface area contributed by atoms with Crippen molar-refractivity contribution in [3.63, 3.8) is 0 Å². The summed E-state index contributed by atoms with van der Waals surface area (Å²) in [5, 5.41) is 0. The van der Waals surface area contributed by atoms with Gasteiger partial charge in [-0.05, 0) is 30.9 Å². The van der Waals surface area contributed by atoms with Gasteiger partial charge in [0.15, 0.2) is 5.78 Å². The van der Waals surface area contributed by atoms with E-state index in [4.69, 9.17) is 0 Å². The van der Waals surface area contributed by atoms with Crippen LogP contribution in [0.3, 0.4) is 0 Å². The maximum atomic E-state index is 12.3. The van der Waals surface area contributed by atoms with Crippen molar-refractivity contribution in [3.05, 3.63) is 54.9 Å². The number of carbonyl (C=O) groups is 1. The molecule has 0 aromatic carbocycles. The number of allylic oxidation sites excluding steroid dienone is 2. The Morgan fingerprint density at radius 3 is 2.62 bits per heavy atom. The molecule has 0 N–H and O–H groups in total. The minimum Gasteiger partial charge on any atom is -0.292 e. The molecule has 0 radical (unpaired) electrons. The van der Waals surface area contributed by atoms with Crippen molar-refractivity contribution in [2.75, 3.05) is 0 Å². The second-order valence-corrected chi connectivity index (χ2v) is 4.28. The molecular weight excluding hydrogens is 198 g/mol. The van der Waals surface area contributed by atoms with Crippen LogP contribution < -0.4 is 0 Å². The summed E-state index contributed by atoms with van der Waals surface area (Å²) >= 11 is 0. The van der Waals surface area contributed by atoms with Gasteiger partial charge in [-0.2, -0.15) is 0 Å². The van der Waals surface area contributed by atoms with Crippen LogP contribution in [0.25, 0.3) is 0 Å². The zero-order chi connectivity index (χ0) is 11.6. The van der Waals surface area contributed by atoms with Crippen LogP contribution in [0.15, 0.2) is 43.6 Å². The van der Waals surface area contributed by atoms with Crippen LogP contribution in [0.5, 0.6) is 0 Å². The Kier molecular flexibility index (Phi) is 2.73. The summed E-state index contributed by atoms with van der Waals surface area (Å²) in [5.41, 5.74) is 1.31. The van der Waals surface area contributed by atoms with Crippen molar-refractivity contribution < 1.29 is 4.79 Å².